The van der Waals surface area contributed by atoms with Crippen LogP contribution in [-0.4, -0.2) is 36.4 Å². The number of benzene rings is 2. The first kappa shape index (κ1) is 22.0. The van der Waals surface area contributed by atoms with Gasteiger partial charge in [0, 0.05) is 29.9 Å². The first-order valence-corrected chi connectivity index (χ1v) is 10.3. The summed E-state index contributed by atoms with van der Waals surface area (Å²) >= 11 is 3.46. The van der Waals surface area contributed by atoms with E-state index in [1.165, 1.54) is 0 Å². The maximum Gasteiger partial charge on any atom is 0.255 e. The van der Waals surface area contributed by atoms with Crippen LogP contribution in [0, 0.1) is 5.92 Å². The van der Waals surface area contributed by atoms with Crippen LogP contribution in [0.2, 0.25) is 0 Å². The molecule has 2 aromatic carbocycles. The molecule has 0 unspecified atom stereocenters. The summed E-state index contributed by atoms with van der Waals surface area (Å²) in [5.41, 5.74) is 1.76. The number of hydrogen-bond acceptors (Lipinski definition) is 3. The molecule has 2 amide bonds. The largest absolute Gasteiger partial charge is 0.492 e. The zero-order valence-electron chi connectivity index (χ0n) is 16.8. The Balaban J connectivity index is 2.04. The van der Waals surface area contributed by atoms with E-state index in [0.29, 0.717) is 48.2 Å². The molecule has 0 saturated carbocycles. The number of nitrogens with one attached hydrogen (secondary N) is 1. The molecular weight excluding hydrogens is 420 g/mol. The second kappa shape index (κ2) is 10.3. The van der Waals surface area contributed by atoms with Gasteiger partial charge in [-0.3, -0.25) is 9.59 Å². The molecule has 0 aliphatic carbocycles. The average Bonchev–Trinajstić information content (AvgIpc) is 2.68. The monoisotopic (exact) mass is 446 g/mol. The molecule has 1 N–H and O–H groups in total. The Morgan fingerprint density at radius 2 is 1.64 bits per heavy atom. The van der Waals surface area contributed by atoms with Crippen molar-refractivity contribution in [2.45, 2.75) is 27.7 Å². The number of carbonyl (C=O) groups excluding carboxylic acids is 2. The minimum atomic E-state index is -0.223. The van der Waals surface area contributed by atoms with E-state index in [-0.39, 0.29) is 11.8 Å². The minimum Gasteiger partial charge on any atom is -0.492 e. The van der Waals surface area contributed by atoms with E-state index in [4.69, 9.17) is 4.74 Å². The summed E-state index contributed by atoms with van der Waals surface area (Å²) in [5, 5.41) is 2.85. The third kappa shape index (κ3) is 5.83. The van der Waals surface area contributed by atoms with Gasteiger partial charge in [0.1, 0.15) is 5.75 Å². The molecule has 0 heterocycles. The molecule has 0 fully saturated rings. The lowest BCUT2D eigenvalue weighted by atomic mass is 10.1. The van der Waals surface area contributed by atoms with Crippen molar-refractivity contribution >= 4 is 33.4 Å². The lowest BCUT2D eigenvalue weighted by molar-refractivity contribution is 0.0773. The lowest BCUT2D eigenvalue weighted by Crippen LogP contribution is -2.30. The van der Waals surface area contributed by atoms with Crippen molar-refractivity contribution in [2.75, 3.05) is 25.0 Å². The van der Waals surface area contributed by atoms with Crippen molar-refractivity contribution < 1.29 is 14.3 Å². The van der Waals surface area contributed by atoms with Crippen LogP contribution in [0.5, 0.6) is 5.75 Å². The maximum atomic E-state index is 12.5. The zero-order chi connectivity index (χ0) is 20.7. The third-order valence-electron chi connectivity index (χ3n) is 4.21. The van der Waals surface area contributed by atoms with Gasteiger partial charge in [0.15, 0.2) is 0 Å². The highest BCUT2D eigenvalue weighted by atomic mass is 79.9. The topological polar surface area (TPSA) is 58.6 Å². The number of amides is 2. The van der Waals surface area contributed by atoms with Crippen LogP contribution in [0.15, 0.2) is 46.9 Å². The number of ether oxygens (including phenoxy) is 1. The molecule has 0 radical (unpaired) electrons. The van der Waals surface area contributed by atoms with Crippen LogP contribution in [0.1, 0.15) is 48.4 Å². The molecule has 0 saturated heterocycles. The average molecular weight is 447 g/mol. The number of rotatable bonds is 8. The van der Waals surface area contributed by atoms with Crippen LogP contribution >= 0.6 is 15.9 Å². The number of nitrogens with zero attached hydrogens (tertiary/aromatic N) is 1. The molecule has 0 aromatic heterocycles. The Morgan fingerprint density at radius 1 is 1.04 bits per heavy atom. The Bertz CT molecular complexity index is 815. The van der Waals surface area contributed by atoms with Gasteiger partial charge >= 0.3 is 0 Å². The maximum absolute atomic E-state index is 12.5. The van der Waals surface area contributed by atoms with E-state index in [1.54, 1.807) is 47.4 Å². The van der Waals surface area contributed by atoms with Gasteiger partial charge in [-0.2, -0.15) is 0 Å². The molecule has 0 aliphatic heterocycles. The van der Waals surface area contributed by atoms with Gasteiger partial charge in [0.05, 0.1) is 11.1 Å². The number of anilines is 1. The summed E-state index contributed by atoms with van der Waals surface area (Å²) in [5.74, 6) is 0.902. The van der Waals surface area contributed by atoms with E-state index in [1.807, 2.05) is 13.8 Å². The molecule has 150 valence electrons. The first-order valence-electron chi connectivity index (χ1n) is 9.48. The van der Waals surface area contributed by atoms with Crippen molar-refractivity contribution in [1.82, 2.24) is 4.90 Å². The Labute approximate surface area is 175 Å². The number of carbonyl (C=O) groups is 2. The normalized spacial score (nSPS) is 10.6. The van der Waals surface area contributed by atoms with Gasteiger partial charge < -0.3 is 15.0 Å². The summed E-state index contributed by atoms with van der Waals surface area (Å²) < 4.78 is 6.45. The fourth-order valence-electron chi connectivity index (χ4n) is 2.61. The summed E-state index contributed by atoms with van der Waals surface area (Å²) in [6.07, 6.45) is 0. The van der Waals surface area contributed by atoms with E-state index >= 15 is 0 Å². The van der Waals surface area contributed by atoms with Crippen molar-refractivity contribution in [3.05, 3.63) is 58.1 Å². The molecule has 0 aliphatic rings. The third-order valence-corrected chi connectivity index (χ3v) is 4.83. The number of hydrogen-bond donors (Lipinski definition) is 1. The van der Waals surface area contributed by atoms with Crippen LogP contribution in [-0.2, 0) is 0 Å². The van der Waals surface area contributed by atoms with Gasteiger partial charge in [-0.15, -0.1) is 0 Å². The molecule has 0 atom stereocenters. The highest BCUT2D eigenvalue weighted by Crippen LogP contribution is 2.27. The number of halogens is 1. The van der Waals surface area contributed by atoms with Crippen molar-refractivity contribution in [3.8, 4) is 5.75 Å². The Morgan fingerprint density at radius 3 is 2.18 bits per heavy atom. The second-order valence-electron chi connectivity index (χ2n) is 6.86. The molecule has 2 rings (SSSR count). The van der Waals surface area contributed by atoms with E-state index < -0.39 is 0 Å². The van der Waals surface area contributed by atoms with E-state index in [0.717, 1.165) is 4.47 Å². The summed E-state index contributed by atoms with van der Waals surface area (Å²) in [6, 6.07) is 12.2. The van der Waals surface area contributed by atoms with Gasteiger partial charge in [-0.1, -0.05) is 13.8 Å². The molecule has 5 nitrogen and oxygen atoms in total. The standard InChI is InChI=1S/C22H27BrN2O3/c1-5-25(6-2)22(27)16-7-10-18(11-8-16)24-21(26)17-9-12-20(19(23)13-17)28-14-15(3)4/h7-13,15H,5-6,14H2,1-4H3,(H,24,26). The highest BCUT2D eigenvalue weighted by Gasteiger charge is 2.13. The quantitative estimate of drug-likeness (QED) is 0.604. The Kier molecular flexibility index (Phi) is 8.05. The summed E-state index contributed by atoms with van der Waals surface area (Å²) in [4.78, 5) is 26.6. The van der Waals surface area contributed by atoms with Crippen LogP contribution < -0.4 is 10.1 Å². The SMILES string of the molecule is CCN(CC)C(=O)c1ccc(NC(=O)c2ccc(OCC(C)C)c(Br)c2)cc1. The fourth-order valence-corrected chi connectivity index (χ4v) is 3.10. The molecule has 0 spiro atoms. The first-order chi connectivity index (χ1) is 13.3. The molecule has 0 bridgehead atoms. The predicted molar refractivity (Wildman–Crippen MR) is 116 cm³/mol. The molecule has 2 aromatic rings. The van der Waals surface area contributed by atoms with Gasteiger partial charge in [0.2, 0.25) is 0 Å². The Hall–Kier alpha value is -2.34. The smallest absolute Gasteiger partial charge is 0.255 e. The van der Waals surface area contributed by atoms with Crippen LogP contribution in [0.25, 0.3) is 0 Å². The predicted octanol–water partition coefficient (Wildman–Crippen LogP) is 5.22. The van der Waals surface area contributed by atoms with Gasteiger partial charge in [0.25, 0.3) is 11.8 Å². The fraction of sp³-hybridized carbons (Fsp3) is 0.364. The van der Waals surface area contributed by atoms with E-state index in [2.05, 4.69) is 35.1 Å². The van der Waals surface area contributed by atoms with Crippen LogP contribution in [0.4, 0.5) is 5.69 Å². The van der Waals surface area contributed by atoms with E-state index in [9.17, 15) is 9.59 Å². The highest BCUT2D eigenvalue weighted by molar-refractivity contribution is 9.10. The van der Waals surface area contributed by atoms with Crippen molar-refractivity contribution in [2.24, 2.45) is 5.92 Å². The van der Waals surface area contributed by atoms with Crippen molar-refractivity contribution in [3.63, 3.8) is 0 Å². The lowest BCUT2D eigenvalue weighted by Gasteiger charge is -2.18. The van der Waals surface area contributed by atoms with Crippen molar-refractivity contribution in [1.29, 1.82) is 0 Å². The molecule has 6 heteroatoms. The summed E-state index contributed by atoms with van der Waals surface area (Å²) in [6.45, 7) is 10.0. The zero-order valence-corrected chi connectivity index (χ0v) is 18.4. The molecule has 28 heavy (non-hydrogen) atoms. The second-order valence-corrected chi connectivity index (χ2v) is 7.71. The summed E-state index contributed by atoms with van der Waals surface area (Å²) in [7, 11) is 0. The van der Waals surface area contributed by atoms with Gasteiger partial charge in [-0.25, -0.2) is 0 Å². The minimum absolute atomic E-state index is 0.0104. The van der Waals surface area contributed by atoms with Crippen LogP contribution in [0.3, 0.4) is 0 Å². The van der Waals surface area contributed by atoms with Gasteiger partial charge in [-0.05, 0) is 78.2 Å². The molecular formula is C22H27BrN2O3.